The first-order valence-corrected chi connectivity index (χ1v) is 3.33. The summed E-state index contributed by atoms with van der Waals surface area (Å²) in [6.07, 6.45) is 2.32. The number of hydrogen-bond acceptors (Lipinski definition) is 2. The predicted octanol–water partition coefficient (Wildman–Crippen LogP) is -0.340. The number of piperazine rings is 1. The van der Waals surface area contributed by atoms with Crippen LogP contribution in [0.5, 0.6) is 0 Å². The van der Waals surface area contributed by atoms with Crippen molar-refractivity contribution in [2.75, 3.05) is 13.1 Å². The van der Waals surface area contributed by atoms with Gasteiger partial charge < -0.3 is 10.6 Å². The minimum Gasteiger partial charge on any atom is -0.348 e. The zero-order valence-electron chi connectivity index (χ0n) is 5.64. The van der Waals surface area contributed by atoms with Gasteiger partial charge in [0.1, 0.15) is 0 Å². The van der Waals surface area contributed by atoms with E-state index >= 15 is 0 Å². The number of nitrogens with one attached hydrogen (secondary N) is 2. The molecule has 0 unspecified atom stereocenters. The van der Waals surface area contributed by atoms with E-state index in [0.717, 1.165) is 19.4 Å². The van der Waals surface area contributed by atoms with Crippen LogP contribution in [0.2, 0.25) is 0 Å². The average molecular weight is 163 g/mol. The van der Waals surface area contributed by atoms with Gasteiger partial charge in [0, 0.05) is 6.54 Å². The molecule has 1 saturated carbocycles. The molecule has 1 saturated heterocycles. The second-order valence-corrected chi connectivity index (χ2v) is 2.93. The van der Waals surface area contributed by atoms with Crippen LogP contribution in [-0.2, 0) is 4.79 Å². The van der Waals surface area contributed by atoms with E-state index < -0.39 is 0 Å². The van der Waals surface area contributed by atoms with Crippen molar-refractivity contribution in [1.82, 2.24) is 10.6 Å². The SMILES string of the molecule is Cl.O=C1CNCC2(CC2)N1. The van der Waals surface area contributed by atoms with E-state index in [0.29, 0.717) is 6.54 Å². The van der Waals surface area contributed by atoms with E-state index in [4.69, 9.17) is 0 Å². The van der Waals surface area contributed by atoms with E-state index in [2.05, 4.69) is 10.6 Å². The number of halogens is 1. The lowest BCUT2D eigenvalue weighted by Crippen LogP contribution is -2.53. The first-order chi connectivity index (χ1) is 4.31. The molecule has 10 heavy (non-hydrogen) atoms. The molecule has 1 aliphatic carbocycles. The molecule has 1 aliphatic heterocycles. The van der Waals surface area contributed by atoms with Gasteiger partial charge in [-0.1, -0.05) is 0 Å². The van der Waals surface area contributed by atoms with E-state index in [1.54, 1.807) is 0 Å². The first-order valence-electron chi connectivity index (χ1n) is 3.33. The maximum Gasteiger partial charge on any atom is 0.234 e. The maximum atomic E-state index is 10.7. The van der Waals surface area contributed by atoms with Crippen molar-refractivity contribution in [3.8, 4) is 0 Å². The molecule has 1 heterocycles. The van der Waals surface area contributed by atoms with Gasteiger partial charge in [0.2, 0.25) is 5.91 Å². The third-order valence-electron chi connectivity index (χ3n) is 2.01. The van der Waals surface area contributed by atoms with Gasteiger partial charge in [-0.05, 0) is 12.8 Å². The number of hydrogen-bond donors (Lipinski definition) is 2. The molecule has 1 spiro atoms. The summed E-state index contributed by atoms with van der Waals surface area (Å²) in [6, 6.07) is 0. The second kappa shape index (κ2) is 2.40. The Kier molecular flexibility index (Phi) is 1.88. The molecular weight excluding hydrogens is 152 g/mol. The van der Waals surface area contributed by atoms with E-state index in [9.17, 15) is 4.79 Å². The van der Waals surface area contributed by atoms with Crippen molar-refractivity contribution in [1.29, 1.82) is 0 Å². The van der Waals surface area contributed by atoms with Gasteiger partial charge in [-0.2, -0.15) is 0 Å². The van der Waals surface area contributed by atoms with Gasteiger partial charge in [0.05, 0.1) is 12.1 Å². The highest BCUT2D eigenvalue weighted by Crippen LogP contribution is 2.35. The second-order valence-electron chi connectivity index (χ2n) is 2.93. The minimum absolute atomic E-state index is 0. The molecule has 0 radical (unpaired) electrons. The summed E-state index contributed by atoms with van der Waals surface area (Å²) in [5.41, 5.74) is 0.190. The van der Waals surface area contributed by atoms with Crippen molar-refractivity contribution in [2.24, 2.45) is 0 Å². The molecule has 2 aliphatic rings. The van der Waals surface area contributed by atoms with Crippen LogP contribution in [0.4, 0.5) is 0 Å². The van der Waals surface area contributed by atoms with Crippen LogP contribution in [0.25, 0.3) is 0 Å². The normalized spacial score (nSPS) is 27.0. The zero-order chi connectivity index (χ0) is 6.32. The summed E-state index contributed by atoms with van der Waals surface area (Å²) in [5, 5.41) is 6.04. The van der Waals surface area contributed by atoms with Crippen LogP contribution < -0.4 is 10.6 Å². The van der Waals surface area contributed by atoms with Crippen molar-refractivity contribution >= 4 is 18.3 Å². The molecule has 0 aromatic carbocycles. The molecule has 0 bridgehead atoms. The number of carbonyl (C=O) groups excluding carboxylic acids is 1. The molecule has 0 aromatic rings. The predicted molar refractivity (Wildman–Crippen MR) is 40.2 cm³/mol. The number of rotatable bonds is 0. The zero-order valence-corrected chi connectivity index (χ0v) is 6.46. The fourth-order valence-corrected chi connectivity index (χ4v) is 1.25. The Hall–Kier alpha value is -0.280. The Morgan fingerprint density at radius 3 is 2.50 bits per heavy atom. The van der Waals surface area contributed by atoms with Crippen molar-refractivity contribution in [2.45, 2.75) is 18.4 Å². The molecule has 0 atom stereocenters. The van der Waals surface area contributed by atoms with Crippen LogP contribution in [0.1, 0.15) is 12.8 Å². The molecule has 2 rings (SSSR count). The molecule has 0 aromatic heterocycles. The van der Waals surface area contributed by atoms with E-state index in [1.807, 2.05) is 0 Å². The quantitative estimate of drug-likeness (QED) is 0.512. The third kappa shape index (κ3) is 1.25. The molecular formula is C6H11ClN2O. The van der Waals surface area contributed by atoms with Gasteiger partial charge in [-0.15, -0.1) is 12.4 Å². The smallest absolute Gasteiger partial charge is 0.234 e. The average Bonchev–Trinajstić information content (AvgIpc) is 2.49. The van der Waals surface area contributed by atoms with Crippen LogP contribution in [0.15, 0.2) is 0 Å². The van der Waals surface area contributed by atoms with Crippen LogP contribution in [0.3, 0.4) is 0 Å². The van der Waals surface area contributed by atoms with Gasteiger partial charge in [0.25, 0.3) is 0 Å². The highest BCUT2D eigenvalue weighted by molar-refractivity contribution is 5.85. The van der Waals surface area contributed by atoms with Crippen LogP contribution >= 0.6 is 12.4 Å². The Labute approximate surface area is 66.0 Å². The lowest BCUT2D eigenvalue weighted by Gasteiger charge is -2.23. The summed E-state index contributed by atoms with van der Waals surface area (Å²) < 4.78 is 0. The highest BCUT2D eigenvalue weighted by Gasteiger charge is 2.45. The Balaban J connectivity index is 0.000000500. The molecule has 58 valence electrons. The Morgan fingerprint density at radius 2 is 2.10 bits per heavy atom. The van der Waals surface area contributed by atoms with Crippen LogP contribution in [0, 0.1) is 0 Å². The van der Waals surface area contributed by atoms with Gasteiger partial charge in [0.15, 0.2) is 0 Å². The molecule has 2 N–H and O–H groups in total. The first kappa shape index (κ1) is 7.82. The van der Waals surface area contributed by atoms with Gasteiger partial charge in [-0.3, -0.25) is 4.79 Å². The van der Waals surface area contributed by atoms with E-state index in [1.165, 1.54) is 0 Å². The van der Waals surface area contributed by atoms with Crippen molar-refractivity contribution < 1.29 is 4.79 Å². The molecule has 4 heteroatoms. The van der Waals surface area contributed by atoms with Crippen molar-refractivity contribution in [3.05, 3.63) is 0 Å². The topological polar surface area (TPSA) is 41.1 Å². The highest BCUT2D eigenvalue weighted by atomic mass is 35.5. The maximum absolute atomic E-state index is 10.7. The fourth-order valence-electron chi connectivity index (χ4n) is 1.25. The van der Waals surface area contributed by atoms with Crippen molar-refractivity contribution in [3.63, 3.8) is 0 Å². The minimum atomic E-state index is 0. The lowest BCUT2D eigenvalue weighted by molar-refractivity contribution is -0.122. The Morgan fingerprint density at radius 1 is 1.40 bits per heavy atom. The number of amides is 1. The fraction of sp³-hybridized carbons (Fsp3) is 0.833. The van der Waals surface area contributed by atoms with Gasteiger partial charge >= 0.3 is 0 Å². The summed E-state index contributed by atoms with van der Waals surface area (Å²) in [7, 11) is 0. The Bertz CT molecular complexity index is 156. The summed E-state index contributed by atoms with van der Waals surface area (Å²) >= 11 is 0. The summed E-state index contributed by atoms with van der Waals surface area (Å²) in [6.45, 7) is 1.47. The lowest BCUT2D eigenvalue weighted by atomic mass is 10.2. The number of carbonyl (C=O) groups is 1. The largest absolute Gasteiger partial charge is 0.348 e. The monoisotopic (exact) mass is 162 g/mol. The van der Waals surface area contributed by atoms with Gasteiger partial charge in [-0.25, -0.2) is 0 Å². The third-order valence-corrected chi connectivity index (χ3v) is 2.01. The summed E-state index contributed by atoms with van der Waals surface area (Å²) in [4.78, 5) is 10.7. The standard InChI is InChI=1S/C6H10N2O.ClH/c9-5-3-7-4-6(8-5)1-2-6;/h7H,1-4H2,(H,8,9);1H. The molecule has 3 nitrogen and oxygen atoms in total. The molecule has 2 fully saturated rings. The molecule has 1 amide bonds. The summed E-state index contributed by atoms with van der Waals surface area (Å²) in [5.74, 6) is 0.152. The van der Waals surface area contributed by atoms with E-state index in [-0.39, 0.29) is 23.9 Å². The van der Waals surface area contributed by atoms with Crippen LogP contribution in [-0.4, -0.2) is 24.5 Å².